The predicted molar refractivity (Wildman–Crippen MR) is 103 cm³/mol. The summed E-state index contributed by atoms with van der Waals surface area (Å²) in [6.45, 7) is 2.51. The molecule has 5 heteroatoms. The van der Waals surface area contributed by atoms with Crippen LogP contribution in [0.2, 0.25) is 0 Å². The molecule has 1 heterocycles. The summed E-state index contributed by atoms with van der Waals surface area (Å²) < 4.78 is 5.97. The number of hydrogen-bond acceptors (Lipinski definition) is 4. The van der Waals surface area contributed by atoms with Crippen LogP contribution in [0.25, 0.3) is 6.08 Å². The average molecular weight is 355 g/mol. The first-order chi connectivity index (χ1) is 11.6. The zero-order chi connectivity index (χ0) is 17.1. The highest BCUT2D eigenvalue weighted by molar-refractivity contribution is 8.26. The molecule has 0 spiro atoms. The summed E-state index contributed by atoms with van der Waals surface area (Å²) >= 11 is 6.73. The molecule has 2 aromatic rings. The molecule has 2 aromatic carbocycles. The minimum atomic E-state index is -0.0580. The number of carbonyl (C=O) groups is 1. The molecular weight excluding hydrogens is 338 g/mol. The van der Waals surface area contributed by atoms with Crippen LogP contribution in [-0.2, 0) is 11.3 Å². The molecule has 1 amide bonds. The number of thioether (sulfide) groups is 1. The van der Waals surface area contributed by atoms with Gasteiger partial charge in [0.05, 0.1) is 18.6 Å². The zero-order valence-electron chi connectivity index (χ0n) is 13.5. The Kier molecular flexibility index (Phi) is 5.02. The second kappa shape index (κ2) is 7.20. The number of nitrogens with zero attached hydrogens (tertiary/aromatic N) is 1. The zero-order valence-corrected chi connectivity index (χ0v) is 15.1. The van der Waals surface area contributed by atoms with Crippen molar-refractivity contribution >= 4 is 40.3 Å². The first kappa shape index (κ1) is 16.7. The highest BCUT2D eigenvalue weighted by atomic mass is 32.2. The van der Waals surface area contributed by atoms with Crippen LogP contribution in [0.5, 0.6) is 5.75 Å². The van der Waals surface area contributed by atoms with Crippen molar-refractivity contribution in [3.63, 3.8) is 0 Å². The van der Waals surface area contributed by atoms with Gasteiger partial charge in [-0.3, -0.25) is 9.69 Å². The van der Waals surface area contributed by atoms with Crippen LogP contribution < -0.4 is 4.74 Å². The minimum Gasteiger partial charge on any atom is -0.496 e. The molecule has 0 bridgehead atoms. The molecule has 0 saturated carbocycles. The normalized spacial score (nSPS) is 16.1. The van der Waals surface area contributed by atoms with Gasteiger partial charge in [-0.25, -0.2) is 0 Å². The summed E-state index contributed by atoms with van der Waals surface area (Å²) in [4.78, 5) is 15.0. The number of benzene rings is 2. The van der Waals surface area contributed by atoms with Gasteiger partial charge in [0, 0.05) is 5.56 Å². The van der Waals surface area contributed by atoms with E-state index in [9.17, 15) is 4.79 Å². The Labute approximate surface area is 151 Å². The lowest BCUT2D eigenvalue weighted by atomic mass is 10.1. The summed E-state index contributed by atoms with van der Waals surface area (Å²) in [6.07, 6.45) is 1.86. The summed E-state index contributed by atoms with van der Waals surface area (Å²) in [7, 11) is 1.63. The fraction of sp³-hybridized carbons (Fsp3) is 0.158. The number of ether oxygens (including phenoxy) is 1. The third kappa shape index (κ3) is 3.52. The number of amides is 1. The maximum absolute atomic E-state index is 12.7. The second-order valence-electron chi connectivity index (χ2n) is 5.50. The molecule has 3 nitrogen and oxygen atoms in total. The third-order valence-corrected chi connectivity index (χ3v) is 5.11. The van der Waals surface area contributed by atoms with Crippen LogP contribution in [-0.4, -0.2) is 22.2 Å². The van der Waals surface area contributed by atoms with Crippen molar-refractivity contribution < 1.29 is 9.53 Å². The standard InChI is InChI=1S/C19H17NO2S2/c1-13-8-9-16(22-2)15(10-13)11-17-18(21)20(19(23)24-17)12-14-6-4-3-5-7-14/h3-11H,12H2,1-2H3/b17-11+. The first-order valence-electron chi connectivity index (χ1n) is 7.52. The summed E-state index contributed by atoms with van der Waals surface area (Å²) in [5.74, 6) is 0.686. The lowest BCUT2D eigenvalue weighted by Gasteiger charge is -2.14. The maximum atomic E-state index is 12.7. The van der Waals surface area contributed by atoms with E-state index in [1.807, 2.05) is 61.5 Å². The fourth-order valence-corrected chi connectivity index (χ4v) is 3.76. The predicted octanol–water partition coefficient (Wildman–Crippen LogP) is 4.41. The van der Waals surface area contributed by atoms with Gasteiger partial charge < -0.3 is 4.74 Å². The van der Waals surface area contributed by atoms with E-state index in [0.717, 1.165) is 22.4 Å². The molecule has 0 unspecified atom stereocenters. The molecule has 1 aliphatic rings. The molecule has 0 N–H and O–H groups in total. The minimum absolute atomic E-state index is 0.0580. The largest absolute Gasteiger partial charge is 0.496 e. The van der Waals surface area contributed by atoms with Gasteiger partial charge in [0.1, 0.15) is 10.1 Å². The molecule has 1 saturated heterocycles. The molecule has 0 radical (unpaired) electrons. The average Bonchev–Trinajstić information content (AvgIpc) is 2.84. The number of aryl methyl sites for hydroxylation is 1. The van der Waals surface area contributed by atoms with E-state index in [4.69, 9.17) is 17.0 Å². The first-order valence-corrected chi connectivity index (χ1v) is 8.75. The van der Waals surface area contributed by atoms with Gasteiger partial charge in [-0.05, 0) is 30.7 Å². The van der Waals surface area contributed by atoms with E-state index >= 15 is 0 Å². The number of methoxy groups -OCH3 is 1. The van der Waals surface area contributed by atoms with E-state index in [2.05, 4.69) is 0 Å². The Hall–Kier alpha value is -2.11. The van der Waals surface area contributed by atoms with Gasteiger partial charge in [0.25, 0.3) is 5.91 Å². The maximum Gasteiger partial charge on any atom is 0.266 e. The van der Waals surface area contributed by atoms with E-state index in [-0.39, 0.29) is 5.91 Å². The van der Waals surface area contributed by atoms with Crippen molar-refractivity contribution in [3.05, 3.63) is 70.1 Å². The molecule has 122 valence electrons. The Morgan fingerprint density at radius 2 is 1.96 bits per heavy atom. The van der Waals surface area contributed by atoms with Gasteiger partial charge in [-0.2, -0.15) is 0 Å². The SMILES string of the molecule is COc1ccc(C)cc1/C=C1/SC(=S)N(Cc2ccccc2)C1=O. The number of thiocarbonyl (C=S) groups is 1. The lowest BCUT2D eigenvalue weighted by molar-refractivity contribution is -0.122. The van der Waals surface area contributed by atoms with Crippen molar-refractivity contribution in [2.45, 2.75) is 13.5 Å². The van der Waals surface area contributed by atoms with Crippen LogP contribution in [0.4, 0.5) is 0 Å². The highest BCUT2D eigenvalue weighted by Crippen LogP contribution is 2.35. The van der Waals surface area contributed by atoms with Gasteiger partial charge >= 0.3 is 0 Å². The van der Waals surface area contributed by atoms with Gasteiger partial charge in [-0.1, -0.05) is 65.9 Å². The highest BCUT2D eigenvalue weighted by Gasteiger charge is 2.32. The number of carbonyl (C=O) groups excluding carboxylic acids is 1. The van der Waals surface area contributed by atoms with E-state index in [1.54, 1.807) is 12.0 Å². The van der Waals surface area contributed by atoms with Crippen molar-refractivity contribution in [2.24, 2.45) is 0 Å². The molecular formula is C19H17NO2S2. The Morgan fingerprint density at radius 1 is 1.21 bits per heavy atom. The molecule has 0 atom stereocenters. The fourth-order valence-electron chi connectivity index (χ4n) is 2.51. The van der Waals surface area contributed by atoms with Gasteiger partial charge in [-0.15, -0.1) is 0 Å². The third-order valence-electron chi connectivity index (χ3n) is 3.73. The molecule has 1 fully saturated rings. The van der Waals surface area contributed by atoms with Crippen molar-refractivity contribution in [3.8, 4) is 5.75 Å². The van der Waals surface area contributed by atoms with Crippen LogP contribution in [0.3, 0.4) is 0 Å². The smallest absolute Gasteiger partial charge is 0.266 e. The van der Waals surface area contributed by atoms with Crippen molar-refractivity contribution in [2.75, 3.05) is 7.11 Å². The Balaban J connectivity index is 1.87. The molecule has 1 aliphatic heterocycles. The Bertz CT molecular complexity index is 815. The molecule has 0 aromatic heterocycles. The van der Waals surface area contributed by atoms with E-state index in [1.165, 1.54) is 11.8 Å². The molecule has 3 rings (SSSR count). The Morgan fingerprint density at radius 3 is 2.67 bits per heavy atom. The lowest BCUT2D eigenvalue weighted by Crippen LogP contribution is -2.27. The van der Waals surface area contributed by atoms with Gasteiger partial charge in [0.15, 0.2) is 0 Å². The number of hydrogen-bond donors (Lipinski definition) is 0. The van der Waals surface area contributed by atoms with E-state index in [0.29, 0.717) is 15.8 Å². The molecule has 24 heavy (non-hydrogen) atoms. The van der Waals surface area contributed by atoms with Crippen molar-refractivity contribution in [1.29, 1.82) is 0 Å². The van der Waals surface area contributed by atoms with E-state index < -0.39 is 0 Å². The van der Waals surface area contributed by atoms with Crippen molar-refractivity contribution in [1.82, 2.24) is 4.90 Å². The van der Waals surface area contributed by atoms with Crippen LogP contribution in [0.1, 0.15) is 16.7 Å². The number of rotatable bonds is 4. The molecule has 0 aliphatic carbocycles. The quantitative estimate of drug-likeness (QED) is 0.600. The summed E-state index contributed by atoms with van der Waals surface area (Å²) in [6, 6.07) is 15.8. The monoisotopic (exact) mass is 355 g/mol. The van der Waals surface area contributed by atoms with Gasteiger partial charge in [0.2, 0.25) is 0 Å². The van der Waals surface area contributed by atoms with Crippen LogP contribution in [0.15, 0.2) is 53.4 Å². The van der Waals surface area contributed by atoms with Crippen LogP contribution >= 0.6 is 24.0 Å². The second-order valence-corrected chi connectivity index (χ2v) is 7.17. The topological polar surface area (TPSA) is 29.5 Å². The summed E-state index contributed by atoms with van der Waals surface area (Å²) in [5, 5.41) is 0. The van der Waals surface area contributed by atoms with Crippen LogP contribution in [0, 0.1) is 6.92 Å². The summed E-state index contributed by atoms with van der Waals surface area (Å²) in [5.41, 5.74) is 3.06.